The summed E-state index contributed by atoms with van der Waals surface area (Å²) < 4.78 is 9.70. The van der Waals surface area contributed by atoms with Crippen LogP contribution >= 0.6 is 0 Å². The van der Waals surface area contributed by atoms with E-state index in [1.807, 2.05) is 81.9 Å². The molecule has 5 nitrogen and oxygen atoms in total. The van der Waals surface area contributed by atoms with Gasteiger partial charge in [-0.2, -0.15) is 0 Å². The maximum Gasteiger partial charge on any atom is 0.203 e. The van der Waals surface area contributed by atoms with Crippen molar-refractivity contribution >= 4 is 11.0 Å². The van der Waals surface area contributed by atoms with Crippen molar-refractivity contribution in [1.82, 2.24) is 9.13 Å². The predicted molar refractivity (Wildman–Crippen MR) is 139 cm³/mol. The first-order chi connectivity index (χ1) is 17.2. The fourth-order valence-corrected chi connectivity index (χ4v) is 4.40. The molecular formula is C30H29N3O2. The molecule has 1 unspecified atom stereocenters. The van der Waals surface area contributed by atoms with E-state index in [0.717, 1.165) is 28.8 Å². The van der Waals surface area contributed by atoms with Crippen LogP contribution in [-0.2, 0) is 19.5 Å². The lowest BCUT2D eigenvalue weighted by Crippen LogP contribution is -2.31. The van der Waals surface area contributed by atoms with Crippen LogP contribution in [-0.4, -0.2) is 27.0 Å². The van der Waals surface area contributed by atoms with E-state index in [4.69, 9.17) is 10.1 Å². The predicted octanol–water partition coefficient (Wildman–Crippen LogP) is 5.00. The second kappa shape index (κ2) is 10.5. The summed E-state index contributed by atoms with van der Waals surface area (Å²) >= 11 is 0. The van der Waals surface area contributed by atoms with E-state index in [0.29, 0.717) is 12.2 Å². The highest BCUT2D eigenvalue weighted by atomic mass is 16.5. The largest absolute Gasteiger partial charge is 0.491 e. The zero-order valence-electron chi connectivity index (χ0n) is 19.5. The number of fused-ring (bicyclic) bond motifs is 1. The molecule has 5 aromatic rings. The smallest absolute Gasteiger partial charge is 0.203 e. The Labute approximate surface area is 205 Å². The number of ether oxygens (including phenoxy) is 1. The lowest BCUT2D eigenvalue weighted by molar-refractivity contribution is 0.0921. The molecule has 2 N–H and O–H groups in total. The fourth-order valence-electron chi connectivity index (χ4n) is 4.40. The Morgan fingerprint density at radius 3 is 1.86 bits per heavy atom. The number of aliphatic hydroxyl groups is 1. The highest BCUT2D eigenvalue weighted by Crippen LogP contribution is 2.17. The van der Waals surface area contributed by atoms with E-state index in [1.165, 1.54) is 11.1 Å². The van der Waals surface area contributed by atoms with Gasteiger partial charge in [0.15, 0.2) is 0 Å². The molecule has 0 saturated carbocycles. The van der Waals surface area contributed by atoms with Gasteiger partial charge in [0.05, 0.1) is 24.1 Å². The van der Waals surface area contributed by atoms with Crippen LogP contribution in [0.5, 0.6) is 5.75 Å². The van der Waals surface area contributed by atoms with Gasteiger partial charge in [-0.15, -0.1) is 0 Å². The third kappa shape index (κ3) is 5.36. The minimum atomic E-state index is -0.746. The first-order valence-electron chi connectivity index (χ1n) is 11.9. The van der Waals surface area contributed by atoms with Crippen LogP contribution in [0.4, 0.5) is 0 Å². The number of imidazole rings is 1. The van der Waals surface area contributed by atoms with Crippen LogP contribution in [0, 0.1) is 5.41 Å². The number of hydrogen-bond donors (Lipinski definition) is 2. The van der Waals surface area contributed by atoms with Crippen molar-refractivity contribution in [2.45, 2.75) is 25.6 Å². The number of nitrogens with one attached hydrogen (secondary N) is 1. The second-order valence-electron chi connectivity index (χ2n) is 8.77. The highest BCUT2D eigenvalue weighted by Gasteiger charge is 2.15. The summed E-state index contributed by atoms with van der Waals surface area (Å²) in [6.07, 6.45) is 0.128. The van der Waals surface area contributed by atoms with Crippen molar-refractivity contribution in [3.05, 3.63) is 132 Å². The summed E-state index contributed by atoms with van der Waals surface area (Å²) in [4.78, 5) is 0. The molecule has 0 aliphatic heterocycles. The van der Waals surface area contributed by atoms with Gasteiger partial charge in [0.2, 0.25) is 5.62 Å². The van der Waals surface area contributed by atoms with Gasteiger partial charge in [0, 0.05) is 0 Å². The maximum atomic E-state index is 10.8. The molecule has 176 valence electrons. The molecule has 0 spiro atoms. The molecule has 1 aromatic heterocycles. The minimum Gasteiger partial charge on any atom is -0.491 e. The molecule has 0 bridgehead atoms. The first-order valence-corrected chi connectivity index (χ1v) is 11.9. The Morgan fingerprint density at radius 2 is 1.20 bits per heavy atom. The number of para-hydroxylation sites is 2. The van der Waals surface area contributed by atoms with Gasteiger partial charge in [0.1, 0.15) is 18.5 Å². The molecule has 35 heavy (non-hydrogen) atoms. The van der Waals surface area contributed by atoms with Crippen molar-refractivity contribution in [1.29, 1.82) is 5.41 Å². The second-order valence-corrected chi connectivity index (χ2v) is 8.77. The Kier molecular flexibility index (Phi) is 6.77. The Bertz CT molecular complexity index is 1440. The summed E-state index contributed by atoms with van der Waals surface area (Å²) in [7, 11) is 0. The lowest BCUT2D eigenvalue weighted by Gasteiger charge is -2.14. The van der Waals surface area contributed by atoms with Crippen molar-refractivity contribution in [3.63, 3.8) is 0 Å². The molecule has 5 rings (SSSR count). The van der Waals surface area contributed by atoms with Crippen LogP contribution in [0.15, 0.2) is 109 Å². The van der Waals surface area contributed by atoms with Crippen molar-refractivity contribution in [2.75, 3.05) is 6.61 Å². The molecule has 0 amide bonds. The Balaban J connectivity index is 1.26. The molecule has 0 saturated heterocycles. The molecule has 5 heteroatoms. The number of hydrogen-bond acceptors (Lipinski definition) is 3. The quantitative estimate of drug-likeness (QED) is 0.323. The van der Waals surface area contributed by atoms with Gasteiger partial charge in [-0.3, -0.25) is 5.41 Å². The molecule has 4 aromatic carbocycles. The third-order valence-corrected chi connectivity index (χ3v) is 6.17. The zero-order valence-corrected chi connectivity index (χ0v) is 19.5. The van der Waals surface area contributed by atoms with Crippen LogP contribution in [0.3, 0.4) is 0 Å². The van der Waals surface area contributed by atoms with E-state index in [9.17, 15) is 5.11 Å². The first kappa shape index (κ1) is 22.7. The van der Waals surface area contributed by atoms with Crippen LogP contribution < -0.4 is 10.4 Å². The zero-order chi connectivity index (χ0) is 24.0. The van der Waals surface area contributed by atoms with E-state index in [2.05, 4.69) is 36.4 Å². The summed E-state index contributed by atoms with van der Waals surface area (Å²) in [6, 6.07) is 36.5. The third-order valence-electron chi connectivity index (χ3n) is 6.17. The molecule has 1 atom stereocenters. The lowest BCUT2D eigenvalue weighted by atomic mass is 10.1. The van der Waals surface area contributed by atoms with Crippen molar-refractivity contribution in [3.8, 4) is 5.75 Å². The molecule has 0 radical (unpaired) electrons. The van der Waals surface area contributed by atoms with Gasteiger partial charge < -0.3 is 19.0 Å². The van der Waals surface area contributed by atoms with Crippen LogP contribution in [0.25, 0.3) is 11.0 Å². The number of benzene rings is 4. The number of aliphatic hydroxyl groups excluding tert-OH is 1. The van der Waals surface area contributed by atoms with Gasteiger partial charge >= 0.3 is 0 Å². The molecule has 0 aliphatic rings. The summed E-state index contributed by atoms with van der Waals surface area (Å²) in [5.74, 6) is 0.725. The van der Waals surface area contributed by atoms with E-state index in [-0.39, 0.29) is 13.2 Å². The maximum absolute atomic E-state index is 10.8. The molecule has 1 heterocycles. The van der Waals surface area contributed by atoms with E-state index < -0.39 is 6.10 Å². The standard InChI is InChI=1S/C30H29N3O2/c31-30-32(20-25-11-5-2-6-12-25)28-13-7-8-14-29(28)33(30)21-26(34)22-35-27-17-15-24(16-18-27)19-23-9-3-1-4-10-23/h1-18,26,31,34H,19-22H2. The van der Waals surface area contributed by atoms with Crippen LogP contribution in [0.2, 0.25) is 0 Å². The minimum absolute atomic E-state index is 0.155. The van der Waals surface area contributed by atoms with E-state index >= 15 is 0 Å². The van der Waals surface area contributed by atoms with Gasteiger partial charge in [0.25, 0.3) is 0 Å². The Hall–Kier alpha value is -4.09. The topological polar surface area (TPSA) is 63.2 Å². The van der Waals surface area contributed by atoms with Crippen molar-refractivity contribution in [2.24, 2.45) is 0 Å². The Morgan fingerprint density at radius 1 is 0.657 bits per heavy atom. The van der Waals surface area contributed by atoms with Crippen molar-refractivity contribution < 1.29 is 9.84 Å². The van der Waals surface area contributed by atoms with Gasteiger partial charge in [-0.25, -0.2) is 0 Å². The monoisotopic (exact) mass is 463 g/mol. The average molecular weight is 464 g/mol. The number of rotatable bonds is 9. The fraction of sp³-hybridized carbons (Fsp3) is 0.167. The van der Waals surface area contributed by atoms with E-state index in [1.54, 1.807) is 0 Å². The normalized spacial score (nSPS) is 12.0. The molecule has 0 aliphatic carbocycles. The van der Waals surface area contributed by atoms with Gasteiger partial charge in [-0.1, -0.05) is 84.9 Å². The van der Waals surface area contributed by atoms with Crippen LogP contribution in [0.1, 0.15) is 16.7 Å². The number of nitrogens with zero attached hydrogens (tertiary/aromatic N) is 2. The SMILES string of the molecule is N=c1n(Cc2ccccc2)c2ccccc2n1CC(O)COc1ccc(Cc2ccccc2)cc1. The summed E-state index contributed by atoms with van der Waals surface area (Å²) in [5, 5.41) is 19.6. The summed E-state index contributed by atoms with van der Waals surface area (Å²) in [5.41, 5.74) is 5.88. The molecular weight excluding hydrogens is 434 g/mol. The number of aromatic nitrogens is 2. The highest BCUT2D eigenvalue weighted by molar-refractivity contribution is 5.76. The molecule has 0 fully saturated rings. The summed E-state index contributed by atoms with van der Waals surface area (Å²) in [6.45, 7) is 1.05. The average Bonchev–Trinajstić information content (AvgIpc) is 3.15. The van der Waals surface area contributed by atoms with Gasteiger partial charge in [-0.05, 0) is 47.4 Å².